The molecule has 1 amide bonds. The van der Waals surface area contributed by atoms with Gasteiger partial charge in [0, 0.05) is 23.1 Å². The van der Waals surface area contributed by atoms with Gasteiger partial charge in [-0.05, 0) is 30.3 Å². The van der Waals surface area contributed by atoms with Crippen LogP contribution in [0.1, 0.15) is 33.8 Å². The first kappa shape index (κ1) is 23.7. The van der Waals surface area contributed by atoms with Gasteiger partial charge in [-0.2, -0.15) is 13.9 Å². The first-order valence-electron chi connectivity index (χ1n) is 9.99. The van der Waals surface area contributed by atoms with Gasteiger partial charge < -0.3 is 9.47 Å². The number of hydrogen-bond acceptors (Lipinski definition) is 6. The second kappa shape index (κ2) is 10.2. The lowest BCUT2D eigenvalue weighted by atomic mass is 10.1. The molecule has 1 heterocycles. The van der Waals surface area contributed by atoms with Crippen LogP contribution >= 0.6 is 23.4 Å². The molecule has 0 N–H and O–H groups in total. The number of hydrogen-bond donors (Lipinski definition) is 0. The quantitative estimate of drug-likeness (QED) is 0.300. The second-order valence-electron chi connectivity index (χ2n) is 7.04. The minimum Gasteiger partial charge on any atom is -0.434 e. The Labute approximate surface area is 203 Å². The number of amides is 1. The summed E-state index contributed by atoms with van der Waals surface area (Å²) in [5.41, 5.74) is 1.12. The zero-order valence-corrected chi connectivity index (χ0v) is 19.2. The Hall–Kier alpha value is -3.43. The molecular weight excluding hydrogens is 486 g/mol. The lowest BCUT2D eigenvalue weighted by Crippen LogP contribution is -2.27. The summed E-state index contributed by atoms with van der Waals surface area (Å²) in [6.07, 6.45) is 0. The summed E-state index contributed by atoms with van der Waals surface area (Å²) in [7, 11) is 0. The van der Waals surface area contributed by atoms with Gasteiger partial charge in [0.25, 0.3) is 5.91 Å². The molecule has 1 unspecified atom stereocenters. The van der Waals surface area contributed by atoms with Crippen molar-refractivity contribution >= 4 is 40.3 Å². The summed E-state index contributed by atoms with van der Waals surface area (Å²) in [5.74, 6) is -1.18. The summed E-state index contributed by atoms with van der Waals surface area (Å²) in [4.78, 5) is 25.1. The number of halogens is 3. The maximum atomic E-state index is 13.6. The van der Waals surface area contributed by atoms with Crippen molar-refractivity contribution in [3.63, 3.8) is 0 Å². The predicted molar refractivity (Wildman–Crippen MR) is 125 cm³/mol. The molecule has 0 aromatic heterocycles. The first-order chi connectivity index (χ1) is 16.3. The lowest BCUT2D eigenvalue weighted by Gasteiger charge is -2.23. The van der Waals surface area contributed by atoms with E-state index >= 15 is 0 Å². The van der Waals surface area contributed by atoms with Gasteiger partial charge in [-0.3, -0.25) is 9.59 Å². The highest BCUT2D eigenvalue weighted by Crippen LogP contribution is 2.45. The largest absolute Gasteiger partial charge is 0.434 e. The molecule has 1 atom stereocenters. The standard InChI is InChI=1S/C24H17ClF2N2O4S/c1-14(30)32-19-8-4-2-6-17(19)22(31)29-23(18-7-3-5-9-20(18)33-24(26)27)34-21(28-29)15-10-12-16(25)13-11-15/h2-13,23-24H,1H3. The van der Waals surface area contributed by atoms with Gasteiger partial charge in [0.05, 0.1) is 5.56 Å². The molecule has 0 bridgehead atoms. The van der Waals surface area contributed by atoms with Gasteiger partial charge in [-0.1, -0.05) is 65.8 Å². The van der Waals surface area contributed by atoms with E-state index in [4.69, 9.17) is 21.1 Å². The number of hydrazone groups is 1. The summed E-state index contributed by atoms with van der Waals surface area (Å²) < 4.78 is 36.0. The van der Waals surface area contributed by atoms with Gasteiger partial charge in [-0.15, -0.1) is 0 Å². The molecule has 3 aromatic rings. The van der Waals surface area contributed by atoms with E-state index in [1.165, 1.54) is 41.9 Å². The molecule has 0 saturated heterocycles. The summed E-state index contributed by atoms with van der Waals surface area (Å²) in [5, 5.41) is 5.86. The predicted octanol–water partition coefficient (Wildman–Crippen LogP) is 6.12. The average Bonchev–Trinajstić information content (AvgIpc) is 3.24. The minimum atomic E-state index is -3.04. The Balaban J connectivity index is 1.78. The zero-order valence-electron chi connectivity index (χ0n) is 17.7. The normalized spacial score (nSPS) is 15.3. The number of ether oxygens (including phenoxy) is 2. The van der Waals surface area contributed by atoms with Crippen LogP contribution in [0.2, 0.25) is 5.02 Å². The molecule has 0 spiro atoms. The average molecular weight is 503 g/mol. The molecule has 174 valence electrons. The third-order valence-corrected chi connectivity index (χ3v) is 6.18. The van der Waals surface area contributed by atoms with E-state index in [0.717, 1.165) is 0 Å². The van der Waals surface area contributed by atoms with Crippen molar-refractivity contribution in [2.75, 3.05) is 0 Å². The molecule has 0 fully saturated rings. The highest BCUT2D eigenvalue weighted by molar-refractivity contribution is 8.14. The molecule has 34 heavy (non-hydrogen) atoms. The van der Waals surface area contributed by atoms with Crippen molar-refractivity contribution in [2.45, 2.75) is 18.9 Å². The highest BCUT2D eigenvalue weighted by atomic mass is 35.5. The van der Waals surface area contributed by atoms with Crippen LogP contribution in [-0.4, -0.2) is 28.5 Å². The number of benzene rings is 3. The third kappa shape index (κ3) is 5.21. The van der Waals surface area contributed by atoms with Crippen molar-refractivity contribution in [1.29, 1.82) is 0 Å². The fourth-order valence-corrected chi connectivity index (χ4v) is 4.60. The fraction of sp³-hybridized carbons (Fsp3) is 0.125. The van der Waals surface area contributed by atoms with Gasteiger partial charge in [0.15, 0.2) is 0 Å². The van der Waals surface area contributed by atoms with Crippen molar-refractivity contribution in [2.24, 2.45) is 5.10 Å². The Morgan fingerprint density at radius 3 is 2.32 bits per heavy atom. The van der Waals surface area contributed by atoms with Crippen LogP contribution in [-0.2, 0) is 4.79 Å². The number of carbonyl (C=O) groups excluding carboxylic acids is 2. The Bertz CT molecular complexity index is 1250. The van der Waals surface area contributed by atoms with Gasteiger partial charge in [-0.25, -0.2) is 5.01 Å². The van der Waals surface area contributed by atoms with Gasteiger partial charge >= 0.3 is 12.6 Å². The van der Waals surface area contributed by atoms with Crippen LogP contribution in [0, 0.1) is 0 Å². The maximum Gasteiger partial charge on any atom is 0.387 e. The maximum absolute atomic E-state index is 13.6. The van der Waals surface area contributed by atoms with E-state index in [1.807, 2.05) is 0 Å². The van der Waals surface area contributed by atoms with Crippen molar-refractivity contribution in [3.05, 3.63) is 94.5 Å². The van der Waals surface area contributed by atoms with Crippen LogP contribution < -0.4 is 9.47 Å². The monoisotopic (exact) mass is 502 g/mol. The highest BCUT2D eigenvalue weighted by Gasteiger charge is 2.37. The van der Waals surface area contributed by atoms with E-state index in [9.17, 15) is 18.4 Å². The van der Waals surface area contributed by atoms with Crippen LogP contribution in [0.25, 0.3) is 0 Å². The molecule has 1 aliphatic heterocycles. The molecule has 0 aliphatic carbocycles. The number of esters is 1. The van der Waals surface area contributed by atoms with Crippen LogP contribution in [0.5, 0.6) is 11.5 Å². The van der Waals surface area contributed by atoms with Gasteiger partial charge in [0.1, 0.15) is 21.9 Å². The number of carbonyl (C=O) groups is 2. The number of alkyl halides is 2. The molecule has 10 heteroatoms. The van der Waals surface area contributed by atoms with E-state index in [0.29, 0.717) is 21.2 Å². The second-order valence-corrected chi connectivity index (χ2v) is 8.54. The summed E-state index contributed by atoms with van der Waals surface area (Å²) >= 11 is 7.18. The SMILES string of the molecule is CC(=O)Oc1ccccc1C(=O)N1N=C(c2ccc(Cl)cc2)SC1c1ccccc1OC(F)F. The van der Waals surface area contributed by atoms with E-state index in [-0.39, 0.29) is 17.1 Å². The number of para-hydroxylation sites is 2. The number of nitrogens with zero attached hydrogens (tertiary/aromatic N) is 2. The van der Waals surface area contributed by atoms with Crippen LogP contribution in [0.4, 0.5) is 8.78 Å². The van der Waals surface area contributed by atoms with E-state index in [1.54, 1.807) is 54.6 Å². The molecule has 3 aromatic carbocycles. The van der Waals surface area contributed by atoms with E-state index in [2.05, 4.69) is 5.10 Å². The van der Waals surface area contributed by atoms with E-state index < -0.39 is 23.9 Å². The number of rotatable bonds is 6. The molecule has 4 rings (SSSR count). The number of thioether (sulfide) groups is 1. The molecule has 0 radical (unpaired) electrons. The summed E-state index contributed by atoms with van der Waals surface area (Å²) in [6.45, 7) is -1.82. The third-order valence-electron chi connectivity index (χ3n) is 4.72. The zero-order chi connectivity index (χ0) is 24.2. The Morgan fingerprint density at radius 2 is 1.65 bits per heavy atom. The van der Waals surface area contributed by atoms with Gasteiger partial charge in [0.2, 0.25) is 0 Å². The lowest BCUT2D eigenvalue weighted by molar-refractivity contribution is -0.131. The Morgan fingerprint density at radius 1 is 1.00 bits per heavy atom. The molecule has 0 saturated carbocycles. The summed E-state index contributed by atoms with van der Waals surface area (Å²) in [6, 6.07) is 19.3. The van der Waals surface area contributed by atoms with Crippen molar-refractivity contribution in [3.8, 4) is 11.5 Å². The topological polar surface area (TPSA) is 68.2 Å². The molecular formula is C24H17ClF2N2O4S. The smallest absolute Gasteiger partial charge is 0.387 e. The Kier molecular flexibility index (Phi) is 7.14. The fourth-order valence-electron chi connectivity index (χ4n) is 3.29. The first-order valence-corrected chi connectivity index (χ1v) is 11.2. The van der Waals surface area contributed by atoms with Crippen molar-refractivity contribution < 1.29 is 27.8 Å². The van der Waals surface area contributed by atoms with Crippen LogP contribution in [0.3, 0.4) is 0 Å². The van der Waals surface area contributed by atoms with Crippen LogP contribution in [0.15, 0.2) is 77.9 Å². The molecule has 6 nitrogen and oxygen atoms in total. The molecule has 1 aliphatic rings. The minimum absolute atomic E-state index is 0.0657. The van der Waals surface area contributed by atoms with Crippen molar-refractivity contribution in [1.82, 2.24) is 5.01 Å².